The van der Waals surface area contributed by atoms with Crippen LogP contribution in [0.4, 0.5) is 4.39 Å². The lowest BCUT2D eigenvalue weighted by molar-refractivity contribution is 0.429. The van der Waals surface area contributed by atoms with Gasteiger partial charge in [0.15, 0.2) is 0 Å². The molecule has 0 amide bonds. The fourth-order valence-corrected chi connectivity index (χ4v) is 1.92. The van der Waals surface area contributed by atoms with Crippen molar-refractivity contribution in [3.8, 4) is 22.8 Å². The lowest BCUT2D eigenvalue weighted by Crippen LogP contribution is -1.86. The van der Waals surface area contributed by atoms with Crippen LogP contribution in [-0.4, -0.2) is 15.2 Å². The SMILES string of the molecule is C=C(O)c1cccc(-c2noc(-c3ccccc3F)n2)c1. The minimum Gasteiger partial charge on any atom is -0.508 e. The molecule has 0 atom stereocenters. The second-order valence-corrected chi connectivity index (χ2v) is 4.43. The van der Waals surface area contributed by atoms with Gasteiger partial charge in [0.1, 0.15) is 11.6 Å². The van der Waals surface area contributed by atoms with E-state index in [0.717, 1.165) is 0 Å². The predicted molar refractivity (Wildman–Crippen MR) is 76.8 cm³/mol. The van der Waals surface area contributed by atoms with Crippen molar-refractivity contribution in [1.29, 1.82) is 0 Å². The molecule has 0 saturated heterocycles. The molecule has 1 heterocycles. The highest BCUT2D eigenvalue weighted by Gasteiger charge is 2.14. The van der Waals surface area contributed by atoms with E-state index in [4.69, 9.17) is 4.52 Å². The highest BCUT2D eigenvalue weighted by molar-refractivity contribution is 5.66. The molecule has 0 aliphatic carbocycles. The van der Waals surface area contributed by atoms with E-state index in [9.17, 15) is 9.50 Å². The summed E-state index contributed by atoms with van der Waals surface area (Å²) in [5, 5.41) is 13.2. The van der Waals surface area contributed by atoms with Gasteiger partial charge in [0.2, 0.25) is 5.82 Å². The number of nitrogens with zero attached hydrogens (tertiary/aromatic N) is 2. The monoisotopic (exact) mass is 282 g/mol. The molecular weight excluding hydrogens is 271 g/mol. The van der Waals surface area contributed by atoms with Crippen molar-refractivity contribution in [3.63, 3.8) is 0 Å². The summed E-state index contributed by atoms with van der Waals surface area (Å²) in [6.45, 7) is 3.47. The first kappa shape index (κ1) is 13.1. The van der Waals surface area contributed by atoms with Gasteiger partial charge in [-0.3, -0.25) is 0 Å². The molecule has 1 N–H and O–H groups in total. The molecule has 104 valence electrons. The zero-order valence-electron chi connectivity index (χ0n) is 11.0. The van der Waals surface area contributed by atoms with E-state index in [2.05, 4.69) is 16.7 Å². The Kier molecular flexibility index (Phi) is 3.23. The van der Waals surface area contributed by atoms with Gasteiger partial charge in [-0.05, 0) is 18.2 Å². The number of aliphatic hydroxyl groups is 1. The summed E-state index contributed by atoms with van der Waals surface area (Å²) in [4.78, 5) is 4.18. The average Bonchev–Trinajstić information content (AvgIpc) is 2.97. The van der Waals surface area contributed by atoms with Gasteiger partial charge in [-0.15, -0.1) is 0 Å². The van der Waals surface area contributed by atoms with Crippen molar-refractivity contribution in [2.24, 2.45) is 0 Å². The number of aromatic nitrogens is 2. The number of aliphatic hydroxyl groups excluding tert-OH is 1. The summed E-state index contributed by atoms with van der Waals surface area (Å²) in [5.74, 6) is -0.0486. The van der Waals surface area contributed by atoms with Crippen LogP contribution in [0, 0.1) is 5.82 Å². The van der Waals surface area contributed by atoms with Crippen LogP contribution in [0.2, 0.25) is 0 Å². The lowest BCUT2D eigenvalue weighted by Gasteiger charge is -1.99. The van der Waals surface area contributed by atoms with Gasteiger partial charge in [-0.25, -0.2) is 4.39 Å². The molecular formula is C16H11FN2O2. The fourth-order valence-electron chi connectivity index (χ4n) is 1.92. The Hall–Kier alpha value is -2.95. The van der Waals surface area contributed by atoms with E-state index >= 15 is 0 Å². The Morgan fingerprint density at radius 3 is 2.71 bits per heavy atom. The van der Waals surface area contributed by atoms with Crippen LogP contribution in [0.25, 0.3) is 28.6 Å². The van der Waals surface area contributed by atoms with Crippen molar-refractivity contribution in [3.05, 3.63) is 66.5 Å². The molecule has 1 aromatic heterocycles. The van der Waals surface area contributed by atoms with Crippen molar-refractivity contribution >= 4 is 5.76 Å². The Labute approximate surface area is 120 Å². The van der Waals surface area contributed by atoms with Gasteiger partial charge in [0.05, 0.1) is 5.56 Å². The summed E-state index contributed by atoms with van der Waals surface area (Å²) in [6, 6.07) is 13.1. The van der Waals surface area contributed by atoms with Crippen molar-refractivity contribution in [1.82, 2.24) is 10.1 Å². The highest BCUT2D eigenvalue weighted by atomic mass is 19.1. The molecule has 3 rings (SSSR count). The highest BCUT2D eigenvalue weighted by Crippen LogP contribution is 2.25. The number of hydrogen-bond acceptors (Lipinski definition) is 4. The van der Waals surface area contributed by atoms with Crippen molar-refractivity contribution < 1.29 is 14.0 Å². The van der Waals surface area contributed by atoms with E-state index in [1.54, 1.807) is 42.5 Å². The van der Waals surface area contributed by atoms with Gasteiger partial charge in [0, 0.05) is 11.1 Å². The third kappa shape index (κ3) is 2.53. The van der Waals surface area contributed by atoms with E-state index < -0.39 is 5.82 Å². The lowest BCUT2D eigenvalue weighted by atomic mass is 10.1. The Morgan fingerprint density at radius 1 is 1.14 bits per heavy atom. The maximum absolute atomic E-state index is 13.7. The second-order valence-electron chi connectivity index (χ2n) is 4.43. The van der Waals surface area contributed by atoms with Gasteiger partial charge in [0.25, 0.3) is 5.89 Å². The van der Waals surface area contributed by atoms with Crippen LogP contribution in [0.15, 0.2) is 59.6 Å². The summed E-state index contributed by atoms with van der Waals surface area (Å²) >= 11 is 0. The molecule has 0 fully saturated rings. The number of benzene rings is 2. The smallest absolute Gasteiger partial charge is 0.261 e. The maximum atomic E-state index is 13.7. The minimum atomic E-state index is -0.426. The quantitative estimate of drug-likeness (QED) is 0.735. The Balaban J connectivity index is 2.01. The maximum Gasteiger partial charge on any atom is 0.261 e. The van der Waals surface area contributed by atoms with Crippen LogP contribution in [0.1, 0.15) is 5.56 Å². The molecule has 0 bridgehead atoms. The largest absolute Gasteiger partial charge is 0.508 e. The molecule has 0 aliphatic heterocycles. The van der Waals surface area contributed by atoms with Gasteiger partial charge < -0.3 is 9.63 Å². The Morgan fingerprint density at radius 2 is 1.95 bits per heavy atom. The van der Waals surface area contributed by atoms with Gasteiger partial charge >= 0.3 is 0 Å². The topological polar surface area (TPSA) is 59.2 Å². The van der Waals surface area contributed by atoms with Crippen LogP contribution < -0.4 is 0 Å². The minimum absolute atomic E-state index is 0.0466. The van der Waals surface area contributed by atoms with Gasteiger partial charge in [-0.2, -0.15) is 4.98 Å². The molecule has 0 aliphatic rings. The molecule has 0 radical (unpaired) electrons. The van der Waals surface area contributed by atoms with Crippen LogP contribution >= 0.6 is 0 Å². The van der Waals surface area contributed by atoms with E-state index in [0.29, 0.717) is 17.0 Å². The second kappa shape index (κ2) is 5.20. The summed E-state index contributed by atoms with van der Waals surface area (Å²) in [7, 11) is 0. The molecule has 0 unspecified atom stereocenters. The average molecular weight is 282 g/mol. The Bertz CT molecular complexity index is 811. The molecule has 0 spiro atoms. The zero-order chi connectivity index (χ0) is 14.8. The zero-order valence-corrected chi connectivity index (χ0v) is 11.0. The third-order valence-corrected chi connectivity index (χ3v) is 2.98. The first-order chi connectivity index (χ1) is 10.1. The van der Waals surface area contributed by atoms with E-state index in [-0.39, 0.29) is 17.2 Å². The normalized spacial score (nSPS) is 10.5. The third-order valence-electron chi connectivity index (χ3n) is 2.98. The van der Waals surface area contributed by atoms with Crippen LogP contribution in [0.3, 0.4) is 0 Å². The summed E-state index contributed by atoms with van der Waals surface area (Å²) < 4.78 is 18.8. The van der Waals surface area contributed by atoms with Crippen molar-refractivity contribution in [2.75, 3.05) is 0 Å². The predicted octanol–water partition coefficient (Wildman–Crippen LogP) is 4.07. The van der Waals surface area contributed by atoms with Crippen LogP contribution in [0.5, 0.6) is 0 Å². The molecule has 4 nitrogen and oxygen atoms in total. The standard InChI is InChI=1S/C16H11FN2O2/c1-10(20)11-5-4-6-12(9-11)15-18-16(21-19-15)13-7-2-3-8-14(13)17/h2-9,20H,1H2. The summed E-state index contributed by atoms with van der Waals surface area (Å²) in [5.41, 5.74) is 1.46. The van der Waals surface area contributed by atoms with Crippen LogP contribution in [-0.2, 0) is 0 Å². The fraction of sp³-hybridized carbons (Fsp3) is 0. The van der Waals surface area contributed by atoms with E-state index in [1.165, 1.54) is 6.07 Å². The molecule has 0 saturated carbocycles. The number of halogens is 1. The number of hydrogen-bond donors (Lipinski definition) is 1. The number of rotatable bonds is 3. The van der Waals surface area contributed by atoms with Gasteiger partial charge in [-0.1, -0.05) is 42.1 Å². The first-order valence-corrected chi connectivity index (χ1v) is 6.22. The molecule has 5 heteroatoms. The summed E-state index contributed by atoms with van der Waals surface area (Å²) in [6.07, 6.45) is 0. The first-order valence-electron chi connectivity index (χ1n) is 6.22. The molecule has 3 aromatic rings. The van der Waals surface area contributed by atoms with E-state index in [1.807, 2.05) is 0 Å². The molecule has 21 heavy (non-hydrogen) atoms. The molecule has 2 aromatic carbocycles. The van der Waals surface area contributed by atoms with Crippen molar-refractivity contribution in [2.45, 2.75) is 0 Å².